The Bertz CT molecular complexity index is 1440. The summed E-state index contributed by atoms with van der Waals surface area (Å²) < 4.78 is 17.3. The lowest BCUT2D eigenvalue weighted by Crippen LogP contribution is -2.36. The summed E-state index contributed by atoms with van der Waals surface area (Å²) in [5.41, 5.74) is 2.37. The van der Waals surface area contributed by atoms with Gasteiger partial charge in [0.15, 0.2) is 0 Å². The number of aryl methyl sites for hydroxylation is 2. The van der Waals surface area contributed by atoms with E-state index in [9.17, 15) is 4.79 Å². The third kappa shape index (κ3) is 4.10. The number of fused-ring (bicyclic) bond motifs is 4. The Kier molecular flexibility index (Phi) is 5.59. The fourth-order valence-corrected chi connectivity index (χ4v) is 6.33. The number of thiophene rings is 1. The topological polar surface area (TPSA) is 77.7 Å². The predicted octanol–water partition coefficient (Wildman–Crippen LogP) is 4.86. The second-order valence-corrected chi connectivity index (χ2v) is 10.5. The molecule has 1 unspecified atom stereocenters. The summed E-state index contributed by atoms with van der Waals surface area (Å²) in [5.74, 6) is 2.63. The highest BCUT2D eigenvalue weighted by Gasteiger charge is 2.25. The third-order valence-electron chi connectivity index (χ3n) is 6.77. The van der Waals surface area contributed by atoms with Crippen molar-refractivity contribution in [2.24, 2.45) is 5.92 Å². The van der Waals surface area contributed by atoms with Gasteiger partial charge in [0.05, 0.1) is 25.1 Å². The molecular weight excluding hydrogens is 450 g/mol. The Balaban J connectivity index is 1.43. The fraction of sp³-hybridized carbons (Fsp3) is 0.423. The van der Waals surface area contributed by atoms with E-state index < -0.39 is 0 Å². The number of aromatic nitrogens is 2. The average Bonchev–Trinajstić information content (AvgIpc) is 3.17. The average molecular weight is 478 g/mol. The van der Waals surface area contributed by atoms with E-state index in [4.69, 9.17) is 23.9 Å². The lowest BCUT2D eigenvalue weighted by molar-refractivity contribution is 0.0330. The summed E-state index contributed by atoms with van der Waals surface area (Å²) >= 11 is 1.78. The van der Waals surface area contributed by atoms with Gasteiger partial charge in [-0.15, -0.1) is 11.3 Å². The van der Waals surface area contributed by atoms with Gasteiger partial charge in [-0.1, -0.05) is 6.92 Å². The Hall–Kier alpha value is -2.81. The van der Waals surface area contributed by atoms with Crippen molar-refractivity contribution >= 4 is 32.5 Å². The van der Waals surface area contributed by atoms with Crippen LogP contribution < -0.4 is 10.4 Å². The summed E-state index contributed by atoms with van der Waals surface area (Å²) in [7, 11) is 0. The highest BCUT2D eigenvalue weighted by molar-refractivity contribution is 7.18. The van der Waals surface area contributed by atoms with Crippen molar-refractivity contribution in [2.45, 2.75) is 39.7 Å². The van der Waals surface area contributed by atoms with Crippen LogP contribution in [0.15, 0.2) is 33.5 Å². The molecule has 0 amide bonds. The van der Waals surface area contributed by atoms with Crippen molar-refractivity contribution in [3.63, 3.8) is 0 Å². The van der Waals surface area contributed by atoms with E-state index in [2.05, 4.69) is 11.8 Å². The van der Waals surface area contributed by atoms with Gasteiger partial charge in [-0.25, -0.2) is 9.78 Å². The first-order valence-electron chi connectivity index (χ1n) is 11.9. The van der Waals surface area contributed by atoms with Crippen LogP contribution in [0.1, 0.15) is 35.2 Å². The molecule has 7 nitrogen and oxygen atoms in total. The lowest BCUT2D eigenvalue weighted by Gasteiger charge is -2.25. The van der Waals surface area contributed by atoms with E-state index in [1.165, 1.54) is 16.5 Å². The second kappa shape index (κ2) is 8.76. The lowest BCUT2D eigenvalue weighted by atomic mass is 9.89. The smallest absolute Gasteiger partial charge is 0.336 e. The molecule has 1 aliphatic carbocycles. The third-order valence-corrected chi connectivity index (χ3v) is 7.92. The van der Waals surface area contributed by atoms with Gasteiger partial charge in [0.25, 0.3) is 0 Å². The molecule has 1 fully saturated rings. The maximum atomic E-state index is 11.9. The van der Waals surface area contributed by atoms with Gasteiger partial charge in [-0.3, -0.25) is 4.90 Å². The summed E-state index contributed by atoms with van der Waals surface area (Å²) in [6.45, 7) is 8.10. The monoisotopic (exact) mass is 477 g/mol. The van der Waals surface area contributed by atoms with Gasteiger partial charge in [0, 0.05) is 35.5 Å². The van der Waals surface area contributed by atoms with Crippen LogP contribution in [-0.4, -0.2) is 41.2 Å². The first-order chi connectivity index (χ1) is 16.5. The Morgan fingerprint density at radius 2 is 2.06 bits per heavy atom. The molecule has 0 radical (unpaired) electrons. The van der Waals surface area contributed by atoms with Crippen molar-refractivity contribution < 1.29 is 13.9 Å². The van der Waals surface area contributed by atoms with Crippen LogP contribution in [0.5, 0.6) is 11.6 Å². The molecule has 1 saturated heterocycles. The van der Waals surface area contributed by atoms with Crippen LogP contribution in [0.4, 0.5) is 0 Å². The van der Waals surface area contributed by atoms with Gasteiger partial charge in [-0.05, 0) is 55.4 Å². The zero-order valence-electron chi connectivity index (χ0n) is 19.4. The van der Waals surface area contributed by atoms with E-state index in [0.717, 1.165) is 72.6 Å². The summed E-state index contributed by atoms with van der Waals surface area (Å²) in [6, 6.07) is 7.13. The van der Waals surface area contributed by atoms with Gasteiger partial charge >= 0.3 is 5.63 Å². The summed E-state index contributed by atoms with van der Waals surface area (Å²) in [4.78, 5) is 26.5. The number of hydrogen-bond donors (Lipinski definition) is 0. The number of nitrogens with zero attached hydrogens (tertiary/aromatic N) is 3. The van der Waals surface area contributed by atoms with E-state index >= 15 is 0 Å². The highest BCUT2D eigenvalue weighted by Crippen LogP contribution is 2.42. The zero-order valence-corrected chi connectivity index (χ0v) is 20.2. The number of hydrogen-bond acceptors (Lipinski definition) is 8. The van der Waals surface area contributed by atoms with Crippen LogP contribution >= 0.6 is 11.3 Å². The van der Waals surface area contributed by atoms with Crippen molar-refractivity contribution in [3.8, 4) is 11.6 Å². The van der Waals surface area contributed by atoms with Gasteiger partial charge in [0.1, 0.15) is 22.0 Å². The van der Waals surface area contributed by atoms with Crippen LogP contribution in [0.2, 0.25) is 0 Å². The van der Waals surface area contributed by atoms with Crippen molar-refractivity contribution in [2.75, 3.05) is 26.3 Å². The number of ether oxygens (including phenoxy) is 2. The molecule has 0 spiro atoms. The molecule has 176 valence electrons. The van der Waals surface area contributed by atoms with Crippen molar-refractivity contribution in [1.29, 1.82) is 0 Å². The largest absolute Gasteiger partial charge is 0.438 e. The Labute approximate surface area is 201 Å². The zero-order chi connectivity index (χ0) is 23.2. The normalized spacial score (nSPS) is 18.9. The first kappa shape index (κ1) is 21.7. The Morgan fingerprint density at radius 3 is 2.91 bits per heavy atom. The van der Waals surface area contributed by atoms with Crippen LogP contribution in [0.3, 0.4) is 0 Å². The molecule has 1 aliphatic heterocycles. The summed E-state index contributed by atoms with van der Waals surface area (Å²) in [5, 5.41) is 1.93. The quantitative estimate of drug-likeness (QED) is 0.389. The van der Waals surface area contributed by atoms with Crippen LogP contribution in [0.25, 0.3) is 21.2 Å². The van der Waals surface area contributed by atoms with E-state index in [1.807, 2.05) is 19.1 Å². The molecule has 1 aromatic carbocycles. The molecule has 34 heavy (non-hydrogen) atoms. The fourth-order valence-electron chi connectivity index (χ4n) is 4.94. The maximum Gasteiger partial charge on any atom is 0.336 e. The molecule has 4 heterocycles. The SMILES string of the molecule is Cc1cc(=O)oc2cc(Oc3nc(CN4CCOCC4)nc4sc5c(c34)CCC(C)C5)ccc12. The van der Waals surface area contributed by atoms with E-state index in [-0.39, 0.29) is 5.63 Å². The van der Waals surface area contributed by atoms with E-state index in [0.29, 0.717) is 29.7 Å². The predicted molar refractivity (Wildman–Crippen MR) is 132 cm³/mol. The van der Waals surface area contributed by atoms with Crippen LogP contribution in [0, 0.1) is 12.8 Å². The molecule has 0 saturated carbocycles. The molecule has 8 heteroatoms. The minimum Gasteiger partial charge on any atom is -0.438 e. The minimum atomic E-state index is -0.361. The van der Waals surface area contributed by atoms with Crippen molar-refractivity contribution in [1.82, 2.24) is 14.9 Å². The molecule has 1 atom stereocenters. The van der Waals surface area contributed by atoms with Crippen LogP contribution in [-0.2, 0) is 24.1 Å². The van der Waals surface area contributed by atoms with Crippen molar-refractivity contribution in [3.05, 3.63) is 56.5 Å². The van der Waals surface area contributed by atoms with Gasteiger partial charge in [0.2, 0.25) is 5.88 Å². The maximum absolute atomic E-state index is 11.9. The molecule has 0 bridgehead atoms. The minimum absolute atomic E-state index is 0.361. The second-order valence-electron chi connectivity index (χ2n) is 9.37. The molecule has 6 rings (SSSR count). The standard InChI is InChI=1S/C26H27N3O4S/c1-15-3-5-19-21(11-15)34-26-24(19)25(27-22(28-26)14-29-7-9-31-10-8-29)32-17-4-6-18-16(2)12-23(30)33-20(18)13-17/h4,6,12-13,15H,3,5,7-11,14H2,1-2H3. The number of benzene rings is 1. The number of rotatable bonds is 4. The molecule has 2 aliphatic rings. The first-order valence-corrected chi connectivity index (χ1v) is 12.7. The summed E-state index contributed by atoms with van der Waals surface area (Å²) in [6.07, 6.45) is 3.26. The number of morpholine rings is 1. The molecule has 4 aromatic rings. The molecule has 3 aromatic heterocycles. The Morgan fingerprint density at radius 1 is 1.21 bits per heavy atom. The molecular formula is C26H27N3O4S. The highest BCUT2D eigenvalue weighted by atomic mass is 32.1. The van der Waals surface area contributed by atoms with Gasteiger partial charge < -0.3 is 13.9 Å². The van der Waals surface area contributed by atoms with E-state index in [1.54, 1.807) is 17.4 Å². The molecule has 0 N–H and O–H groups in total. The van der Waals surface area contributed by atoms with Gasteiger partial charge in [-0.2, -0.15) is 4.98 Å².